The van der Waals surface area contributed by atoms with Gasteiger partial charge in [0.2, 0.25) is 5.91 Å². The molecule has 2 rings (SSSR count). The fourth-order valence-corrected chi connectivity index (χ4v) is 2.95. The zero-order chi connectivity index (χ0) is 20.5. The average molecular weight is 381 g/mol. The standard InChI is InChI=1S/C23H27NO4/c1-4-28-23(27)20(15-18-8-6-5-7-9-18)24-22(26)13-12-21(25)19-14-16(2)10-11-17(19)3/h5-11,14,20H,4,12-13,15H2,1-3H3,(H,24,26). The second-order valence-corrected chi connectivity index (χ2v) is 6.80. The molecule has 5 nitrogen and oxygen atoms in total. The molecule has 0 fully saturated rings. The molecular formula is C23H27NO4. The van der Waals surface area contributed by atoms with E-state index in [1.807, 2.05) is 62.4 Å². The van der Waals surface area contributed by atoms with Crippen LogP contribution in [0.15, 0.2) is 48.5 Å². The lowest BCUT2D eigenvalue weighted by Gasteiger charge is -2.17. The maximum absolute atomic E-state index is 12.5. The molecule has 1 amide bonds. The number of benzene rings is 2. The quantitative estimate of drug-likeness (QED) is 0.532. The molecule has 0 radical (unpaired) electrons. The summed E-state index contributed by atoms with van der Waals surface area (Å²) >= 11 is 0. The maximum Gasteiger partial charge on any atom is 0.328 e. The van der Waals surface area contributed by atoms with E-state index in [-0.39, 0.29) is 31.1 Å². The SMILES string of the molecule is CCOC(=O)C(Cc1ccccc1)NC(=O)CCC(=O)c1cc(C)ccc1C. The fraction of sp³-hybridized carbons (Fsp3) is 0.348. The van der Waals surface area contributed by atoms with Crippen molar-refractivity contribution >= 4 is 17.7 Å². The van der Waals surface area contributed by atoms with Gasteiger partial charge in [0.1, 0.15) is 6.04 Å². The number of carbonyl (C=O) groups is 3. The third kappa shape index (κ3) is 6.34. The summed E-state index contributed by atoms with van der Waals surface area (Å²) in [5.41, 5.74) is 3.46. The Hall–Kier alpha value is -2.95. The highest BCUT2D eigenvalue weighted by atomic mass is 16.5. The molecule has 1 atom stereocenters. The number of Topliss-reactive ketones (excluding diaryl/α,β-unsaturated/α-hetero) is 1. The second-order valence-electron chi connectivity index (χ2n) is 6.80. The molecule has 2 aromatic rings. The van der Waals surface area contributed by atoms with Gasteiger partial charge in [-0.25, -0.2) is 4.79 Å². The molecule has 0 saturated heterocycles. The predicted octanol–water partition coefficient (Wildman–Crippen LogP) is 3.56. The predicted molar refractivity (Wildman–Crippen MR) is 108 cm³/mol. The van der Waals surface area contributed by atoms with Gasteiger partial charge >= 0.3 is 5.97 Å². The average Bonchev–Trinajstić information content (AvgIpc) is 2.68. The van der Waals surface area contributed by atoms with E-state index in [1.165, 1.54) is 0 Å². The minimum Gasteiger partial charge on any atom is -0.464 e. The molecule has 0 heterocycles. The molecular weight excluding hydrogens is 354 g/mol. The molecule has 5 heteroatoms. The molecule has 0 spiro atoms. The lowest BCUT2D eigenvalue weighted by molar-refractivity contribution is -0.147. The Kier molecular flexibility index (Phi) is 7.93. The summed E-state index contributed by atoms with van der Waals surface area (Å²) in [5, 5.41) is 2.72. The Labute approximate surface area is 166 Å². The number of hydrogen-bond acceptors (Lipinski definition) is 4. The molecule has 2 aromatic carbocycles. The third-order valence-electron chi connectivity index (χ3n) is 4.46. The first-order valence-electron chi connectivity index (χ1n) is 9.51. The smallest absolute Gasteiger partial charge is 0.328 e. The number of esters is 1. The molecule has 1 N–H and O–H groups in total. The number of ether oxygens (including phenoxy) is 1. The van der Waals surface area contributed by atoms with E-state index in [9.17, 15) is 14.4 Å². The molecule has 0 aliphatic heterocycles. The van der Waals surface area contributed by atoms with Crippen molar-refractivity contribution < 1.29 is 19.1 Å². The van der Waals surface area contributed by atoms with E-state index in [0.29, 0.717) is 12.0 Å². The summed E-state index contributed by atoms with van der Waals surface area (Å²) in [4.78, 5) is 37.1. The van der Waals surface area contributed by atoms with Crippen molar-refractivity contribution in [3.63, 3.8) is 0 Å². The van der Waals surface area contributed by atoms with Crippen LogP contribution in [0.3, 0.4) is 0 Å². The van der Waals surface area contributed by atoms with E-state index in [1.54, 1.807) is 6.92 Å². The maximum atomic E-state index is 12.5. The van der Waals surface area contributed by atoms with Gasteiger partial charge in [-0.3, -0.25) is 9.59 Å². The normalized spacial score (nSPS) is 11.5. The van der Waals surface area contributed by atoms with Crippen molar-refractivity contribution in [2.45, 2.75) is 46.1 Å². The minimum absolute atomic E-state index is 0.0247. The van der Waals surface area contributed by atoms with Gasteiger partial charge in [0.25, 0.3) is 0 Å². The fourth-order valence-electron chi connectivity index (χ4n) is 2.95. The minimum atomic E-state index is -0.773. The first-order chi connectivity index (χ1) is 13.4. The van der Waals surface area contributed by atoms with Gasteiger partial charge in [-0.05, 0) is 38.0 Å². The van der Waals surface area contributed by atoms with Crippen molar-refractivity contribution in [3.05, 3.63) is 70.8 Å². The van der Waals surface area contributed by atoms with E-state index in [4.69, 9.17) is 4.74 Å². The molecule has 0 aliphatic carbocycles. The number of hydrogen-bond donors (Lipinski definition) is 1. The van der Waals surface area contributed by atoms with E-state index in [0.717, 1.165) is 16.7 Å². The Balaban J connectivity index is 1.97. The van der Waals surface area contributed by atoms with Gasteiger partial charge in [0.05, 0.1) is 6.61 Å². The van der Waals surface area contributed by atoms with Gasteiger partial charge in [-0.2, -0.15) is 0 Å². The van der Waals surface area contributed by atoms with Gasteiger partial charge in [0, 0.05) is 24.8 Å². The Morgan fingerprint density at radius 1 is 1.00 bits per heavy atom. The number of amides is 1. The molecule has 1 unspecified atom stereocenters. The first-order valence-corrected chi connectivity index (χ1v) is 9.51. The van der Waals surface area contributed by atoms with Crippen molar-refractivity contribution in [2.24, 2.45) is 0 Å². The van der Waals surface area contributed by atoms with E-state index in [2.05, 4.69) is 5.32 Å². The van der Waals surface area contributed by atoms with Crippen LogP contribution in [-0.4, -0.2) is 30.3 Å². The molecule has 0 bridgehead atoms. The van der Waals surface area contributed by atoms with Crippen molar-refractivity contribution in [1.82, 2.24) is 5.32 Å². The second kappa shape index (κ2) is 10.4. The third-order valence-corrected chi connectivity index (χ3v) is 4.46. The molecule has 0 aromatic heterocycles. The van der Waals surface area contributed by atoms with Gasteiger partial charge < -0.3 is 10.1 Å². The van der Waals surface area contributed by atoms with E-state index >= 15 is 0 Å². The number of ketones is 1. The zero-order valence-electron chi connectivity index (χ0n) is 16.7. The van der Waals surface area contributed by atoms with Crippen LogP contribution in [0.4, 0.5) is 0 Å². The summed E-state index contributed by atoms with van der Waals surface area (Å²) in [7, 11) is 0. The highest BCUT2D eigenvalue weighted by Gasteiger charge is 2.23. The van der Waals surface area contributed by atoms with Crippen LogP contribution < -0.4 is 5.32 Å². The molecule has 28 heavy (non-hydrogen) atoms. The Morgan fingerprint density at radius 2 is 1.71 bits per heavy atom. The largest absolute Gasteiger partial charge is 0.464 e. The topological polar surface area (TPSA) is 72.5 Å². The summed E-state index contributed by atoms with van der Waals surface area (Å²) in [5.74, 6) is -0.889. The van der Waals surface area contributed by atoms with E-state index < -0.39 is 12.0 Å². The molecule has 0 saturated carbocycles. The highest BCUT2D eigenvalue weighted by molar-refractivity contribution is 5.99. The van der Waals surface area contributed by atoms with Crippen LogP contribution in [0.2, 0.25) is 0 Å². The van der Waals surface area contributed by atoms with Crippen LogP contribution in [-0.2, 0) is 20.7 Å². The van der Waals surface area contributed by atoms with Crippen LogP contribution in [0.5, 0.6) is 0 Å². The number of nitrogens with one attached hydrogen (secondary N) is 1. The molecule has 0 aliphatic rings. The van der Waals surface area contributed by atoms with Gasteiger partial charge in [-0.1, -0.05) is 48.0 Å². The summed E-state index contributed by atoms with van der Waals surface area (Å²) in [6.07, 6.45) is 0.463. The van der Waals surface area contributed by atoms with Gasteiger partial charge in [-0.15, -0.1) is 0 Å². The van der Waals surface area contributed by atoms with Crippen molar-refractivity contribution in [2.75, 3.05) is 6.61 Å². The zero-order valence-corrected chi connectivity index (χ0v) is 16.7. The number of aryl methyl sites for hydroxylation is 2. The number of carbonyl (C=O) groups excluding carboxylic acids is 3. The van der Waals surface area contributed by atoms with Crippen LogP contribution >= 0.6 is 0 Å². The molecule has 148 valence electrons. The van der Waals surface area contributed by atoms with Crippen LogP contribution in [0.25, 0.3) is 0 Å². The van der Waals surface area contributed by atoms with Gasteiger partial charge in [0.15, 0.2) is 5.78 Å². The lowest BCUT2D eigenvalue weighted by atomic mass is 9.99. The monoisotopic (exact) mass is 381 g/mol. The summed E-state index contributed by atoms with van der Waals surface area (Å²) < 4.78 is 5.08. The summed E-state index contributed by atoms with van der Waals surface area (Å²) in [6, 6.07) is 14.3. The Morgan fingerprint density at radius 3 is 2.39 bits per heavy atom. The van der Waals surface area contributed by atoms with Crippen molar-refractivity contribution in [1.29, 1.82) is 0 Å². The van der Waals surface area contributed by atoms with Crippen LogP contribution in [0.1, 0.15) is 46.8 Å². The lowest BCUT2D eigenvalue weighted by Crippen LogP contribution is -2.43. The first kappa shape index (κ1) is 21.4. The summed E-state index contributed by atoms with van der Waals surface area (Å²) in [6.45, 7) is 5.77. The van der Waals surface area contributed by atoms with Crippen LogP contribution in [0, 0.1) is 13.8 Å². The number of rotatable bonds is 9. The highest BCUT2D eigenvalue weighted by Crippen LogP contribution is 2.14. The Bertz CT molecular complexity index is 830. The van der Waals surface area contributed by atoms with Crippen molar-refractivity contribution in [3.8, 4) is 0 Å².